The molecule has 1 saturated heterocycles. The van der Waals surface area contributed by atoms with Crippen LogP contribution in [0.5, 0.6) is 0 Å². The fourth-order valence-electron chi connectivity index (χ4n) is 2.43. The number of benzene rings is 1. The first-order valence-corrected chi connectivity index (χ1v) is 6.94. The van der Waals surface area contributed by atoms with Crippen LogP contribution >= 0.6 is 15.9 Å². The molecule has 0 bridgehead atoms. The number of carboxylic acids is 1. The van der Waals surface area contributed by atoms with Gasteiger partial charge in [-0.05, 0) is 25.1 Å². The zero-order valence-corrected chi connectivity index (χ0v) is 12.2. The number of hydrogen-bond acceptors (Lipinski definition) is 3. The lowest BCUT2D eigenvalue weighted by molar-refractivity contribution is -0.145. The summed E-state index contributed by atoms with van der Waals surface area (Å²) in [5, 5.41) is 12.3. The smallest absolute Gasteiger partial charge is 0.322 e. The summed E-state index contributed by atoms with van der Waals surface area (Å²) in [7, 11) is 0. The van der Waals surface area contributed by atoms with Crippen molar-refractivity contribution in [1.29, 1.82) is 0 Å². The van der Waals surface area contributed by atoms with Gasteiger partial charge in [-0.1, -0.05) is 15.9 Å². The SMILES string of the molecule is CC(c1cc(Br)ccc1F)N1CCNCC1C(=O)O. The highest BCUT2D eigenvalue weighted by Crippen LogP contribution is 2.28. The first kappa shape index (κ1) is 14.4. The van der Waals surface area contributed by atoms with E-state index < -0.39 is 12.0 Å². The minimum Gasteiger partial charge on any atom is -0.480 e. The lowest BCUT2D eigenvalue weighted by atomic mass is 10.0. The second-order valence-electron chi connectivity index (χ2n) is 4.64. The highest BCUT2D eigenvalue weighted by molar-refractivity contribution is 9.10. The number of carboxylic acid groups (broad SMARTS) is 1. The van der Waals surface area contributed by atoms with Crippen LogP contribution in [0.2, 0.25) is 0 Å². The molecule has 1 aromatic carbocycles. The second kappa shape index (κ2) is 5.98. The van der Waals surface area contributed by atoms with Crippen molar-refractivity contribution in [3.63, 3.8) is 0 Å². The molecule has 6 heteroatoms. The van der Waals surface area contributed by atoms with Crippen LogP contribution in [0.3, 0.4) is 0 Å². The molecule has 1 aliphatic rings. The Morgan fingerprint density at radius 1 is 1.63 bits per heavy atom. The van der Waals surface area contributed by atoms with Crippen molar-refractivity contribution in [1.82, 2.24) is 10.2 Å². The number of hydrogen-bond donors (Lipinski definition) is 2. The number of piperazine rings is 1. The van der Waals surface area contributed by atoms with Gasteiger partial charge in [0.1, 0.15) is 11.9 Å². The quantitative estimate of drug-likeness (QED) is 0.890. The topological polar surface area (TPSA) is 52.6 Å². The van der Waals surface area contributed by atoms with E-state index in [9.17, 15) is 14.3 Å². The minimum absolute atomic E-state index is 0.277. The molecule has 2 rings (SSSR count). The number of nitrogens with zero attached hydrogens (tertiary/aromatic N) is 1. The number of aliphatic carboxylic acids is 1. The van der Waals surface area contributed by atoms with E-state index in [4.69, 9.17) is 0 Å². The summed E-state index contributed by atoms with van der Waals surface area (Å²) >= 11 is 3.32. The zero-order valence-electron chi connectivity index (χ0n) is 10.6. The van der Waals surface area contributed by atoms with Gasteiger partial charge in [0, 0.05) is 35.7 Å². The maximum Gasteiger partial charge on any atom is 0.322 e. The van der Waals surface area contributed by atoms with Gasteiger partial charge in [0.25, 0.3) is 0 Å². The van der Waals surface area contributed by atoms with E-state index in [1.807, 2.05) is 11.8 Å². The predicted molar refractivity (Wildman–Crippen MR) is 73.5 cm³/mol. The molecular weight excluding hydrogens is 315 g/mol. The maximum atomic E-state index is 13.9. The molecule has 19 heavy (non-hydrogen) atoms. The van der Waals surface area contributed by atoms with Crippen LogP contribution in [-0.4, -0.2) is 41.7 Å². The molecule has 1 aliphatic heterocycles. The standard InChI is InChI=1S/C13H16BrFN2O2/c1-8(10-6-9(14)2-3-11(10)15)17-5-4-16-7-12(17)13(18)19/h2-3,6,8,12,16H,4-5,7H2,1H3,(H,18,19). The van der Waals surface area contributed by atoms with Gasteiger partial charge in [-0.15, -0.1) is 0 Å². The Kier molecular flexibility index (Phi) is 4.54. The molecule has 1 fully saturated rings. The Morgan fingerprint density at radius 2 is 2.37 bits per heavy atom. The van der Waals surface area contributed by atoms with Crippen LogP contribution in [0.25, 0.3) is 0 Å². The summed E-state index contributed by atoms with van der Waals surface area (Å²) in [5.74, 6) is -1.19. The molecule has 0 amide bonds. The zero-order chi connectivity index (χ0) is 14.0. The first-order chi connectivity index (χ1) is 9.00. The van der Waals surface area contributed by atoms with Crippen molar-refractivity contribution in [3.05, 3.63) is 34.1 Å². The van der Waals surface area contributed by atoms with E-state index in [1.54, 1.807) is 12.1 Å². The summed E-state index contributed by atoms with van der Waals surface area (Å²) < 4.78 is 14.7. The van der Waals surface area contributed by atoms with E-state index in [0.717, 1.165) is 4.47 Å². The third-order valence-corrected chi connectivity index (χ3v) is 3.97. The molecule has 4 nitrogen and oxygen atoms in total. The van der Waals surface area contributed by atoms with Gasteiger partial charge >= 0.3 is 5.97 Å². The Morgan fingerprint density at radius 3 is 3.05 bits per heavy atom. The van der Waals surface area contributed by atoms with E-state index in [0.29, 0.717) is 25.2 Å². The first-order valence-electron chi connectivity index (χ1n) is 6.15. The number of carbonyl (C=O) groups is 1. The highest BCUT2D eigenvalue weighted by atomic mass is 79.9. The predicted octanol–water partition coefficient (Wildman–Crippen LogP) is 2.01. The molecule has 1 aromatic rings. The highest BCUT2D eigenvalue weighted by Gasteiger charge is 2.33. The second-order valence-corrected chi connectivity index (χ2v) is 5.55. The number of rotatable bonds is 3. The van der Waals surface area contributed by atoms with Gasteiger partial charge in [-0.3, -0.25) is 9.69 Å². The Hall–Kier alpha value is -0.980. The lowest BCUT2D eigenvalue weighted by Crippen LogP contribution is -2.55. The van der Waals surface area contributed by atoms with Crippen molar-refractivity contribution in [3.8, 4) is 0 Å². The maximum absolute atomic E-state index is 13.9. The third-order valence-electron chi connectivity index (χ3n) is 3.48. The fourth-order valence-corrected chi connectivity index (χ4v) is 2.80. The summed E-state index contributed by atoms with van der Waals surface area (Å²) in [6, 6.07) is 3.84. The Balaban J connectivity index is 2.28. The van der Waals surface area contributed by atoms with Crippen LogP contribution in [0.15, 0.2) is 22.7 Å². The van der Waals surface area contributed by atoms with Gasteiger partial charge in [0.2, 0.25) is 0 Å². The fraction of sp³-hybridized carbons (Fsp3) is 0.462. The van der Waals surface area contributed by atoms with E-state index in [2.05, 4.69) is 21.2 Å². The summed E-state index contributed by atoms with van der Waals surface area (Å²) in [4.78, 5) is 13.1. The van der Waals surface area contributed by atoms with Crippen molar-refractivity contribution in [2.24, 2.45) is 0 Å². The van der Waals surface area contributed by atoms with Gasteiger partial charge in [0.15, 0.2) is 0 Å². The normalized spacial score (nSPS) is 22.2. The summed E-state index contributed by atoms with van der Waals surface area (Å²) in [5.41, 5.74) is 0.516. The molecule has 0 radical (unpaired) electrons. The van der Waals surface area contributed by atoms with Gasteiger partial charge in [0.05, 0.1) is 0 Å². The summed E-state index contributed by atoms with van der Waals surface area (Å²) in [6.45, 7) is 3.52. The molecule has 0 spiro atoms. The van der Waals surface area contributed by atoms with E-state index >= 15 is 0 Å². The molecule has 2 atom stereocenters. The van der Waals surface area contributed by atoms with Crippen LogP contribution in [0.1, 0.15) is 18.5 Å². The van der Waals surface area contributed by atoms with Crippen LogP contribution in [0, 0.1) is 5.82 Å². The van der Waals surface area contributed by atoms with Gasteiger partial charge in [-0.25, -0.2) is 4.39 Å². The average molecular weight is 331 g/mol. The molecule has 0 aromatic heterocycles. The minimum atomic E-state index is -0.880. The molecule has 2 unspecified atom stereocenters. The molecule has 1 heterocycles. The van der Waals surface area contributed by atoms with Crippen molar-refractivity contribution in [2.75, 3.05) is 19.6 Å². The molecule has 104 valence electrons. The molecule has 0 saturated carbocycles. The summed E-state index contributed by atoms with van der Waals surface area (Å²) in [6.07, 6.45) is 0. The van der Waals surface area contributed by atoms with Crippen molar-refractivity contribution >= 4 is 21.9 Å². The largest absolute Gasteiger partial charge is 0.480 e. The Bertz CT molecular complexity index is 484. The Labute approximate surface area is 119 Å². The van der Waals surface area contributed by atoms with Crippen molar-refractivity contribution < 1.29 is 14.3 Å². The molecule has 0 aliphatic carbocycles. The van der Waals surface area contributed by atoms with Crippen LogP contribution in [0.4, 0.5) is 4.39 Å². The number of halogens is 2. The van der Waals surface area contributed by atoms with Crippen LogP contribution in [-0.2, 0) is 4.79 Å². The van der Waals surface area contributed by atoms with Crippen LogP contribution < -0.4 is 5.32 Å². The monoisotopic (exact) mass is 330 g/mol. The molecule has 2 N–H and O–H groups in total. The lowest BCUT2D eigenvalue weighted by Gasteiger charge is -2.38. The van der Waals surface area contributed by atoms with E-state index in [-0.39, 0.29) is 11.9 Å². The third kappa shape index (κ3) is 3.13. The molecular formula is C13H16BrFN2O2. The number of nitrogens with one attached hydrogen (secondary N) is 1. The van der Waals surface area contributed by atoms with Crippen molar-refractivity contribution in [2.45, 2.75) is 19.0 Å². The average Bonchev–Trinajstić information content (AvgIpc) is 2.40. The van der Waals surface area contributed by atoms with Gasteiger partial charge in [-0.2, -0.15) is 0 Å². The van der Waals surface area contributed by atoms with Gasteiger partial charge < -0.3 is 10.4 Å². The van der Waals surface area contributed by atoms with E-state index in [1.165, 1.54) is 6.07 Å².